The van der Waals surface area contributed by atoms with E-state index in [1.54, 1.807) is 17.0 Å². The predicted molar refractivity (Wildman–Crippen MR) is 47.6 cm³/mol. The Hall–Kier alpha value is -1.00. The average Bonchev–Trinajstić information content (AvgIpc) is 2.45. The van der Waals surface area contributed by atoms with E-state index in [0.29, 0.717) is 13.1 Å². The Labute approximate surface area is 80.2 Å². The minimum Gasteiger partial charge on any atom is -0.440 e. The molecule has 1 saturated heterocycles. The lowest BCUT2D eigenvalue weighted by molar-refractivity contribution is 0.0575. The van der Waals surface area contributed by atoms with Gasteiger partial charge in [0.15, 0.2) is 11.0 Å². The summed E-state index contributed by atoms with van der Waals surface area (Å²) in [7, 11) is 0. The molecule has 1 aliphatic rings. The number of rotatable bonds is 1. The van der Waals surface area contributed by atoms with Crippen molar-refractivity contribution >= 4 is 17.5 Å². The molecule has 5 heteroatoms. The highest BCUT2D eigenvalue weighted by Gasteiger charge is 2.29. The van der Waals surface area contributed by atoms with Crippen molar-refractivity contribution in [1.82, 2.24) is 4.90 Å². The van der Waals surface area contributed by atoms with Crippen molar-refractivity contribution in [3.63, 3.8) is 0 Å². The SMILES string of the molecule is NC1CN(C(=O)c2ccc(Cl)o2)C1. The van der Waals surface area contributed by atoms with Crippen LogP contribution in [-0.2, 0) is 0 Å². The first kappa shape index (κ1) is 8.59. The lowest BCUT2D eigenvalue weighted by Crippen LogP contribution is -2.57. The average molecular weight is 201 g/mol. The van der Waals surface area contributed by atoms with Crippen molar-refractivity contribution in [2.24, 2.45) is 5.73 Å². The summed E-state index contributed by atoms with van der Waals surface area (Å²) >= 11 is 5.54. The molecule has 0 aliphatic carbocycles. The molecule has 1 amide bonds. The molecule has 2 heterocycles. The van der Waals surface area contributed by atoms with Crippen LogP contribution in [0.4, 0.5) is 0 Å². The van der Waals surface area contributed by atoms with E-state index in [2.05, 4.69) is 0 Å². The summed E-state index contributed by atoms with van der Waals surface area (Å²) in [6, 6.07) is 3.22. The van der Waals surface area contributed by atoms with Gasteiger partial charge in [0.05, 0.1) is 0 Å². The van der Waals surface area contributed by atoms with Gasteiger partial charge >= 0.3 is 0 Å². The fourth-order valence-electron chi connectivity index (χ4n) is 1.26. The number of carbonyl (C=O) groups is 1. The second-order valence-electron chi connectivity index (χ2n) is 3.07. The molecule has 1 aliphatic heterocycles. The first-order chi connectivity index (χ1) is 6.16. The lowest BCUT2D eigenvalue weighted by atomic mass is 10.1. The van der Waals surface area contributed by atoms with E-state index in [-0.39, 0.29) is 22.9 Å². The highest BCUT2D eigenvalue weighted by atomic mass is 35.5. The van der Waals surface area contributed by atoms with Crippen LogP contribution in [0.5, 0.6) is 0 Å². The number of nitrogens with two attached hydrogens (primary N) is 1. The summed E-state index contributed by atoms with van der Waals surface area (Å²) in [6.07, 6.45) is 0. The molecule has 70 valence electrons. The number of furan rings is 1. The Morgan fingerprint density at radius 3 is 2.77 bits per heavy atom. The van der Waals surface area contributed by atoms with Gasteiger partial charge in [0.25, 0.3) is 5.91 Å². The van der Waals surface area contributed by atoms with Crippen molar-refractivity contribution in [2.75, 3.05) is 13.1 Å². The third kappa shape index (κ3) is 1.55. The second kappa shape index (κ2) is 3.05. The Bertz CT molecular complexity index is 331. The van der Waals surface area contributed by atoms with E-state index in [9.17, 15) is 4.79 Å². The van der Waals surface area contributed by atoms with E-state index < -0.39 is 0 Å². The molecule has 0 radical (unpaired) electrons. The third-order valence-corrected chi connectivity index (χ3v) is 2.18. The zero-order valence-corrected chi connectivity index (χ0v) is 7.62. The summed E-state index contributed by atoms with van der Waals surface area (Å²) in [5.41, 5.74) is 5.54. The number of hydrogen-bond acceptors (Lipinski definition) is 3. The van der Waals surface area contributed by atoms with Crippen LogP contribution in [0.3, 0.4) is 0 Å². The molecule has 1 fully saturated rings. The van der Waals surface area contributed by atoms with Crippen LogP contribution in [-0.4, -0.2) is 29.9 Å². The monoisotopic (exact) mass is 200 g/mol. The Balaban J connectivity index is 2.06. The number of likely N-dealkylation sites (tertiary alicyclic amines) is 1. The maximum absolute atomic E-state index is 11.5. The van der Waals surface area contributed by atoms with E-state index in [1.807, 2.05) is 0 Å². The number of nitrogens with zero attached hydrogens (tertiary/aromatic N) is 1. The predicted octanol–water partition coefficient (Wildman–Crippen LogP) is 0.716. The van der Waals surface area contributed by atoms with E-state index in [0.717, 1.165) is 0 Å². The number of carbonyl (C=O) groups excluding carboxylic acids is 1. The second-order valence-corrected chi connectivity index (χ2v) is 3.45. The molecule has 4 nitrogen and oxygen atoms in total. The van der Waals surface area contributed by atoms with Crippen molar-refractivity contribution in [3.8, 4) is 0 Å². The molecule has 2 rings (SSSR count). The molecule has 0 saturated carbocycles. The van der Waals surface area contributed by atoms with Gasteiger partial charge in [0.2, 0.25) is 0 Å². The first-order valence-corrected chi connectivity index (χ1v) is 4.35. The molecule has 0 atom stereocenters. The molecule has 0 aromatic carbocycles. The third-order valence-electron chi connectivity index (χ3n) is 1.98. The molecule has 0 unspecified atom stereocenters. The minimum absolute atomic E-state index is 0.106. The molecular weight excluding hydrogens is 192 g/mol. The molecule has 0 bridgehead atoms. The zero-order valence-electron chi connectivity index (χ0n) is 6.87. The van der Waals surface area contributed by atoms with Gasteiger partial charge < -0.3 is 15.1 Å². The van der Waals surface area contributed by atoms with Crippen LogP contribution in [0.25, 0.3) is 0 Å². The van der Waals surface area contributed by atoms with Crippen molar-refractivity contribution in [3.05, 3.63) is 23.1 Å². The topological polar surface area (TPSA) is 59.5 Å². The molecule has 1 aromatic rings. The summed E-state index contributed by atoms with van der Waals surface area (Å²) < 4.78 is 4.97. The zero-order chi connectivity index (χ0) is 9.42. The van der Waals surface area contributed by atoms with Gasteiger partial charge in [-0.2, -0.15) is 0 Å². The molecule has 13 heavy (non-hydrogen) atoms. The van der Waals surface area contributed by atoms with Crippen LogP contribution in [0, 0.1) is 0 Å². The van der Waals surface area contributed by atoms with Crippen LogP contribution in [0.1, 0.15) is 10.6 Å². The Morgan fingerprint density at radius 2 is 2.31 bits per heavy atom. The molecular formula is C8H9ClN2O2. The maximum Gasteiger partial charge on any atom is 0.289 e. The smallest absolute Gasteiger partial charge is 0.289 e. The van der Waals surface area contributed by atoms with Crippen molar-refractivity contribution in [1.29, 1.82) is 0 Å². The largest absolute Gasteiger partial charge is 0.440 e. The first-order valence-electron chi connectivity index (χ1n) is 3.97. The van der Waals surface area contributed by atoms with Gasteiger partial charge in [-0.3, -0.25) is 4.79 Å². The van der Waals surface area contributed by atoms with Gasteiger partial charge in [-0.15, -0.1) is 0 Å². The minimum atomic E-state index is -0.145. The van der Waals surface area contributed by atoms with Gasteiger partial charge in [-0.25, -0.2) is 0 Å². The molecule has 2 N–H and O–H groups in total. The summed E-state index contributed by atoms with van der Waals surface area (Å²) in [5, 5.41) is 0.230. The van der Waals surface area contributed by atoms with Gasteiger partial charge in [0.1, 0.15) is 0 Å². The highest BCUT2D eigenvalue weighted by Crippen LogP contribution is 2.17. The summed E-state index contributed by atoms with van der Waals surface area (Å²) in [5.74, 6) is 0.130. The fraction of sp³-hybridized carbons (Fsp3) is 0.375. The van der Waals surface area contributed by atoms with Gasteiger partial charge in [-0.05, 0) is 23.7 Å². The lowest BCUT2D eigenvalue weighted by Gasteiger charge is -2.36. The van der Waals surface area contributed by atoms with Crippen LogP contribution in [0.2, 0.25) is 5.22 Å². The van der Waals surface area contributed by atoms with Gasteiger partial charge in [-0.1, -0.05) is 0 Å². The number of hydrogen-bond donors (Lipinski definition) is 1. The number of amides is 1. The fourth-order valence-corrected chi connectivity index (χ4v) is 1.41. The normalized spacial score (nSPS) is 17.2. The maximum atomic E-state index is 11.5. The molecule has 1 aromatic heterocycles. The number of halogens is 1. The summed E-state index contributed by atoms with van der Waals surface area (Å²) in [6.45, 7) is 1.19. The van der Waals surface area contributed by atoms with E-state index >= 15 is 0 Å². The van der Waals surface area contributed by atoms with E-state index in [4.69, 9.17) is 21.8 Å². The van der Waals surface area contributed by atoms with E-state index in [1.165, 1.54) is 0 Å². The molecule has 0 spiro atoms. The Kier molecular flexibility index (Phi) is 2.01. The van der Waals surface area contributed by atoms with Crippen LogP contribution < -0.4 is 5.73 Å². The summed E-state index contributed by atoms with van der Waals surface area (Å²) in [4.78, 5) is 13.1. The van der Waals surface area contributed by atoms with Crippen molar-refractivity contribution < 1.29 is 9.21 Å². The van der Waals surface area contributed by atoms with Crippen LogP contribution >= 0.6 is 11.6 Å². The highest BCUT2D eigenvalue weighted by molar-refractivity contribution is 6.29. The Morgan fingerprint density at radius 1 is 1.62 bits per heavy atom. The quantitative estimate of drug-likeness (QED) is 0.727. The standard InChI is InChI=1S/C8H9ClN2O2/c9-7-2-1-6(13-7)8(12)11-3-5(10)4-11/h1-2,5H,3-4,10H2. The van der Waals surface area contributed by atoms with Gasteiger partial charge in [0, 0.05) is 19.1 Å². The van der Waals surface area contributed by atoms with Crippen LogP contribution in [0.15, 0.2) is 16.5 Å². The van der Waals surface area contributed by atoms with Crippen molar-refractivity contribution in [2.45, 2.75) is 6.04 Å².